The highest BCUT2D eigenvalue weighted by atomic mass is 35.5. The lowest BCUT2D eigenvalue weighted by molar-refractivity contribution is 0.0937. The first-order valence-electron chi connectivity index (χ1n) is 8.17. The van der Waals surface area contributed by atoms with E-state index in [1.165, 1.54) is 29.5 Å². The number of benzene rings is 1. The van der Waals surface area contributed by atoms with Crippen molar-refractivity contribution < 1.29 is 26.2 Å². The maximum Gasteiger partial charge on any atom is 0.372 e. The van der Waals surface area contributed by atoms with E-state index in [0.29, 0.717) is 5.82 Å². The minimum Gasteiger partial charge on any atom is -0.378 e. The number of nitrogens with zero attached hydrogens (tertiary/aromatic N) is 5. The summed E-state index contributed by atoms with van der Waals surface area (Å²) in [6, 6.07) is 4.12. The van der Waals surface area contributed by atoms with Crippen LogP contribution >= 0.6 is 11.6 Å². The molecule has 0 aliphatic carbocycles. The molecule has 2 aromatic heterocycles. The summed E-state index contributed by atoms with van der Waals surface area (Å²) in [5, 5.41) is 6.55. The van der Waals surface area contributed by atoms with Crippen molar-refractivity contribution in [1.29, 1.82) is 0 Å². The summed E-state index contributed by atoms with van der Waals surface area (Å²) >= 11 is 5.86. The molecule has 14 heteroatoms. The van der Waals surface area contributed by atoms with Crippen LogP contribution in [0, 0.1) is 0 Å². The minimum atomic E-state index is -5.16. The van der Waals surface area contributed by atoms with Gasteiger partial charge in [0.2, 0.25) is 0 Å². The molecule has 0 spiro atoms. The van der Waals surface area contributed by atoms with Crippen molar-refractivity contribution in [3.05, 3.63) is 59.4 Å². The molecule has 0 unspecified atom stereocenters. The van der Waals surface area contributed by atoms with Gasteiger partial charge in [-0.2, -0.15) is 27.0 Å². The summed E-state index contributed by atoms with van der Waals surface area (Å²) in [5.74, 6) is -4.41. The standard InChI is InChI=1S/C16H13ClF2N6O4S/c1-9(13-22-8-23-25(13)16-20-3-2-4-21-16)24-14(26)10-5-11(17)7-12(6-10)29-30(27,28)15(18)19/h2-9,15H,1H3,(H,24,26)/t9-/m1/s1. The van der Waals surface area contributed by atoms with Crippen molar-refractivity contribution >= 4 is 27.6 Å². The molecule has 0 fully saturated rings. The molecule has 158 valence electrons. The summed E-state index contributed by atoms with van der Waals surface area (Å²) in [6.07, 6.45) is 4.28. The summed E-state index contributed by atoms with van der Waals surface area (Å²) in [5.41, 5.74) is -0.115. The number of carbonyl (C=O) groups is 1. The number of alkyl halides is 2. The fraction of sp³-hybridized carbons (Fsp3) is 0.188. The van der Waals surface area contributed by atoms with Gasteiger partial charge in [-0.05, 0) is 25.1 Å². The Morgan fingerprint density at radius 1 is 1.20 bits per heavy atom. The van der Waals surface area contributed by atoms with Gasteiger partial charge in [0, 0.05) is 29.0 Å². The van der Waals surface area contributed by atoms with E-state index in [1.54, 1.807) is 13.0 Å². The van der Waals surface area contributed by atoms with E-state index in [2.05, 4.69) is 29.6 Å². The van der Waals surface area contributed by atoms with Crippen molar-refractivity contribution in [2.45, 2.75) is 18.7 Å². The van der Waals surface area contributed by atoms with Gasteiger partial charge in [0.1, 0.15) is 12.1 Å². The zero-order valence-corrected chi connectivity index (χ0v) is 16.7. The van der Waals surface area contributed by atoms with Crippen molar-refractivity contribution in [1.82, 2.24) is 30.0 Å². The van der Waals surface area contributed by atoms with Crippen LogP contribution < -0.4 is 9.50 Å². The zero-order chi connectivity index (χ0) is 21.9. The molecule has 1 N–H and O–H groups in total. The number of aromatic nitrogens is 5. The molecule has 1 amide bonds. The second-order valence-electron chi connectivity index (χ2n) is 5.79. The van der Waals surface area contributed by atoms with Gasteiger partial charge in [-0.1, -0.05) is 11.6 Å². The molecule has 1 atom stereocenters. The molecule has 0 aliphatic heterocycles. The van der Waals surface area contributed by atoms with Crippen molar-refractivity contribution in [2.75, 3.05) is 0 Å². The number of halogens is 3. The molecule has 0 saturated heterocycles. The zero-order valence-electron chi connectivity index (χ0n) is 15.1. The molecule has 1 aromatic carbocycles. The molecule has 0 bridgehead atoms. The summed E-state index contributed by atoms with van der Waals surface area (Å²) < 4.78 is 53.2. The lowest BCUT2D eigenvalue weighted by Gasteiger charge is -2.14. The topological polar surface area (TPSA) is 129 Å². The highest BCUT2D eigenvalue weighted by Gasteiger charge is 2.27. The van der Waals surface area contributed by atoms with Crippen LogP contribution in [0.15, 0.2) is 43.0 Å². The third-order valence-corrected chi connectivity index (χ3v) is 4.69. The summed E-state index contributed by atoms with van der Waals surface area (Å²) in [7, 11) is -5.16. The smallest absolute Gasteiger partial charge is 0.372 e. The number of amides is 1. The first-order chi connectivity index (χ1) is 14.2. The Balaban J connectivity index is 1.81. The van der Waals surface area contributed by atoms with Crippen LogP contribution in [-0.4, -0.2) is 44.8 Å². The molecule has 2 heterocycles. The molecular formula is C16H13ClF2N6O4S. The van der Waals surface area contributed by atoms with Crippen LogP contribution in [0.1, 0.15) is 29.1 Å². The molecule has 10 nitrogen and oxygen atoms in total. The minimum absolute atomic E-state index is 0.0874. The number of nitrogens with one attached hydrogen (secondary N) is 1. The first kappa shape index (κ1) is 21.5. The van der Waals surface area contributed by atoms with Gasteiger partial charge in [0.25, 0.3) is 11.9 Å². The van der Waals surface area contributed by atoms with Gasteiger partial charge in [-0.3, -0.25) is 4.79 Å². The first-order valence-corrected chi connectivity index (χ1v) is 10.0. The monoisotopic (exact) mass is 458 g/mol. The fourth-order valence-corrected chi connectivity index (χ4v) is 3.02. The Morgan fingerprint density at radius 3 is 2.57 bits per heavy atom. The largest absolute Gasteiger partial charge is 0.378 e. The van der Waals surface area contributed by atoms with Crippen molar-refractivity contribution in [3.8, 4) is 11.7 Å². The summed E-state index contributed by atoms with van der Waals surface area (Å²) in [6.45, 7) is 1.62. The Labute approximate surface area is 174 Å². The van der Waals surface area contributed by atoms with E-state index in [-0.39, 0.29) is 16.5 Å². The van der Waals surface area contributed by atoms with Crippen LogP contribution in [0.25, 0.3) is 5.95 Å². The molecule has 30 heavy (non-hydrogen) atoms. The molecule has 3 aromatic rings. The molecule has 0 radical (unpaired) electrons. The van der Waals surface area contributed by atoms with E-state index < -0.39 is 33.6 Å². The van der Waals surface area contributed by atoms with Crippen LogP contribution in [0.4, 0.5) is 8.78 Å². The fourth-order valence-electron chi connectivity index (χ4n) is 2.36. The second kappa shape index (κ2) is 8.67. The van der Waals surface area contributed by atoms with Gasteiger partial charge in [0.05, 0.1) is 6.04 Å². The maximum absolute atomic E-state index is 12.6. The SMILES string of the molecule is C[C@@H](NC(=O)c1cc(Cl)cc(OS(=O)(=O)C(F)F)c1)c1ncnn1-c1ncccn1. The highest BCUT2D eigenvalue weighted by Crippen LogP contribution is 2.24. The Morgan fingerprint density at radius 2 is 1.90 bits per heavy atom. The normalized spacial score (nSPS) is 12.6. The average molecular weight is 459 g/mol. The van der Waals surface area contributed by atoms with Crippen LogP contribution in [0.3, 0.4) is 0 Å². The quantitative estimate of drug-likeness (QED) is 0.533. The Kier molecular flexibility index (Phi) is 6.22. The van der Waals surface area contributed by atoms with Gasteiger partial charge in [0.15, 0.2) is 5.82 Å². The van der Waals surface area contributed by atoms with Crippen LogP contribution in [-0.2, 0) is 10.1 Å². The van der Waals surface area contributed by atoms with E-state index in [1.807, 2.05) is 0 Å². The lowest BCUT2D eigenvalue weighted by atomic mass is 10.2. The number of hydrogen-bond acceptors (Lipinski definition) is 8. The average Bonchev–Trinajstić information content (AvgIpc) is 3.17. The van der Waals surface area contributed by atoms with Crippen LogP contribution in [0.2, 0.25) is 5.02 Å². The van der Waals surface area contributed by atoms with Crippen molar-refractivity contribution in [3.63, 3.8) is 0 Å². The third-order valence-electron chi connectivity index (χ3n) is 3.61. The Bertz CT molecular complexity index is 1160. The summed E-state index contributed by atoms with van der Waals surface area (Å²) in [4.78, 5) is 24.8. The maximum atomic E-state index is 12.6. The predicted molar refractivity (Wildman–Crippen MR) is 99.8 cm³/mol. The number of carbonyl (C=O) groups excluding carboxylic acids is 1. The number of rotatable bonds is 7. The molecule has 0 aliphatic rings. The van der Waals surface area contributed by atoms with E-state index in [9.17, 15) is 22.0 Å². The van der Waals surface area contributed by atoms with Crippen LogP contribution in [0.5, 0.6) is 5.75 Å². The second-order valence-corrected chi connectivity index (χ2v) is 7.73. The Hall–Kier alpha value is -3.19. The number of hydrogen-bond donors (Lipinski definition) is 1. The molecule has 3 rings (SSSR count). The van der Waals surface area contributed by atoms with Crippen molar-refractivity contribution in [2.24, 2.45) is 0 Å². The molecular weight excluding hydrogens is 446 g/mol. The lowest BCUT2D eigenvalue weighted by Crippen LogP contribution is -2.29. The van der Waals surface area contributed by atoms with Gasteiger partial charge in [-0.15, -0.1) is 0 Å². The predicted octanol–water partition coefficient (Wildman–Crippen LogP) is 2.13. The van der Waals surface area contributed by atoms with Gasteiger partial charge >= 0.3 is 15.9 Å². The molecule has 0 saturated carbocycles. The third kappa shape index (κ3) is 4.86. The van der Waals surface area contributed by atoms with E-state index in [0.717, 1.165) is 12.1 Å². The van der Waals surface area contributed by atoms with E-state index in [4.69, 9.17) is 11.6 Å². The van der Waals surface area contributed by atoms with E-state index >= 15 is 0 Å². The van der Waals surface area contributed by atoms with Gasteiger partial charge in [-0.25, -0.2) is 15.0 Å². The van der Waals surface area contributed by atoms with Gasteiger partial charge < -0.3 is 9.50 Å². The highest BCUT2D eigenvalue weighted by molar-refractivity contribution is 7.87.